The van der Waals surface area contributed by atoms with Gasteiger partial charge in [-0.15, -0.1) is 11.3 Å². The van der Waals surface area contributed by atoms with Crippen LogP contribution in [0, 0.1) is 23.7 Å². The quantitative estimate of drug-likeness (QED) is 0.822. The van der Waals surface area contributed by atoms with Crippen molar-refractivity contribution in [1.29, 1.82) is 0 Å². The average Bonchev–Trinajstić information content (AvgIpc) is 3.10. The molecule has 2 aromatic rings. The lowest BCUT2D eigenvalue weighted by Crippen LogP contribution is -2.46. The van der Waals surface area contributed by atoms with Gasteiger partial charge in [-0.2, -0.15) is 5.10 Å². The number of hydrazone groups is 1. The molecule has 4 aliphatic carbocycles. The van der Waals surface area contributed by atoms with E-state index in [1.807, 2.05) is 35.7 Å². The molecule has 0 unspecified atom stereocenters. The van der Waals surface area contributed by atoms with Crippen LogP contribution >= 0.6 is 11.3 Å². The van der Waals surface area contributed by atoms with Gasteiger partial charge in [-0.3, -0.25) is 4.79 Å². The fraction of sp³-hybridized carbons (Fsp3) is 0.476. The Morgan fingerprint density at radius 2 is 1.77 bits per heavy atom. The molecule has 1 amide bonds. The number of benzene rings is 1. The Hall–Kier alpha value is -2.01. The van der Waals surface area contributed by atoms with Gasteiger partial charge in [-0.1, -0.05) is 30.3 Å². The van der Waals surface area contributed by atoms with Gasteiger partial charge in [0.25, 0.3) is 0 Å². The van der Waals surface area contributed by atoms with Crippen molar-refractivity contribution in [2.24, 2.45) is 28.8 Å². The molecule has 0 spiro atoms. The summed E-state index contributed by atoms with van der Waals surface area (Å²) in [5, 5.41) is 7.43. The second-order valence-corrected chi connectivity index (χ2v) is 8.99. The largest absolute Gasteiger partial charge is 0.273 e. The van der Waals surface area contributed by atoms with Gasteiger partial charge < -0.3 is 0 Å². The van der Waals surface area contributed by atoms with E-state index in [2.05, 4.69) is 15.5 Å². The van der Waals surface area contributed by atoms with Gasteiger partial charge in [0.2, 0.25) is 5.91 Å². The highest BCUT2D eigenvalue weighted by atomic mass is 32.1. The van der Waals surface area contributed by atoms with Crippen LogP contribution in [-0.2, 0) is 11.2 Å². The van der Waals surface area contributed by atoms with E-state index in [9.17, 15) is 4.79 Å². The molecule has 1 aromatic heterocycles. The second kappa shape index (κ2) is 6.62. The minimum Gasteiger partial charge on any atom is -0.273 e. The molecule has 1 aromatic carbocycles. The predicted molar refractivity (Wildman–Crippen MR) is 104 cm³/mol. The van der Waals surface area contributed by atoms with Crippen LogP contribution in [0.15, 0.2) is 40.8 Å². The van der Waals surface area contributed by atoms with Crippen molar-refractivity contribution in [1.82, 2.24) is 10.4 Å². The molecular formula is C21H23N3OS. The molecule has 1 N–H and O–H groups in total. The Balaban J connectivity index is 1.22. The lowest BCUT2D eigenvalue weighted by atomic mass is 9.55. The minimum absolute atomic E-state index is 0.0553. The van der Waals surface area contributed by atoms with Crippen LogP contribution in [0.25, 0.3) is 11.3 Å². The number of carbonyl (C=O) groups is 1. The Morgan fingerprint density at radius 3 is 2.46 bits per heavy atom. The van der Waals surface area contributed by atoms with Gasteiger partial charge >= 0.3 is 0 Å². The second-order valence-electron chi connectivity index (χ2n) is 8.05. The van der Waals surface area contributed by atoms with E-state index in [-0.39, 0.29) is 5.91 Å². The number of hydrogen-bond acceptors (Lipinski definition) is 4. The summed E-state index contributed by atoms with van der Waals surface area (Å²) in [6.45, 7) is 0. The summed E-state index contributed by atoms with van der Waals surface area (Å²) in [6, 6.07) is 10.1. The maximum Gasteiger partial charge on any atom is 0.246 e. The molecule has 0 atom stereocenters. The molecule has 134 valence electrons. The third-order valence-corrected chi connectivity index (χ3v) is 7.07. The zero-order chi connectivity index (χ0) is 17.5. The minimum atomic E-state index is -0.0553. The van der Waals surface area contributed by atoms with E-state index in [1.165, 1.54) is 49.2 Å². The van der Waals surface area contributed by atoms with Crippen molar-refractivity contribution in [3.63, 3.8) is 0 Å². The van der Waals surface area contributed by atoms with Crippen LogP contribution in [0.5, 0.6) is 0 Å². The lowest BCUT2D eigenvalue weighted by molar-refractivity contribution is -0.120. The monoisotopic (exact) mass is 365 g/mol. The van der Waals surface area contributed by atoms with Crippen LogP contribution < -0.4 is 5.43 Å². The van der Waals surface area contributed by atoms with Gasteiger partial charge in [-0.05, 0) is 55.8 Å². The highest BCUT2D eigenvalue weighted by molar-refractivity contribution is 7.10. The zero-order valence-electron chi connectivity index (χ0n) is 14.7. The van der Waals surface area contributed by atoms with Crippen LogP contribution in [0.3, 0.4) is 0 Å². The van der Waals surface area contributed by atoms with Gasteiger partial charge in [0.15, 0.2) is 0 Å². The van der Waals surface area contributed by atoms with Crippen LogP contribution in [0.2, 0.25) is 0 Å². The lowest BCUT2D eigenvalue weighted by Gasteiger charge is -2.50. The molecule has 26 heavy (non-hydrogen) atoms. The predicted octanol–water partition coefficient (Wildman–Crippen LogP) is 4.28. The normalized spacial score (nSPS) is 29.0. The van der Waals surface area contributed by atoms with Crippen molar-refractivity contribution in [3.8, 4) is 11.3 Å². The number of amides is 1. The first-order valence-corrected chi connectivity index (χ1v) is 10.5. The van der Waals surface area contributed by atoms with E-state index in [4.69, 9.17) is 0 Å². The first-order chi connectivity index (χ1) is 12.7. The van der Waals surface area contributed by atoms with Gasteiger partial charge in [-0.25, -0.2) is 10.4 Å². The molecule has 0 aliphatic heterocycles. The van der Waals surface area contributed by atoms with Gasteiger partial charge in [0.05, 0.1) is 12.1 Å². The highest BCUT2D eigenvalue weighted by Crippen LogP contribution is 2.52. The smallest absolute Gasteiger partial charge is 0.246 e. The average molecular weight is 366 g/mol. The van der Waals surface area contributed by atoms with Gasteiger partial charge in [0.1, 0.15) is 5.01 Å². The number of carbonyl (C=O) groups excluding carboxylic acids is 1. The van der Waals surface area contributed by atoms with Crippen molar-refractivity contribution in [2.75, 3.05) is 0 Å². The van der Waals surface area contributed by atoms with E-state index in [1.54, 1.807) is 0 Å². The fourth-order valence-electron chi connectivity index (χ4n) is 5.29. The number of aromatic nitrogens is 1. The Morgan fingerprint density at radius 1 is 1.08 bits per heavy atom. The molecule has 1 heterocycles. The summed E-state index contributed by atoms with van der Waals surface area (Å²) < 4.78 is 0. The SMILES string of the molecule is O=C(Cc1nc(-c2ccccc2)cs1)NN=C1C2CC3CC(C2)CC1C3. The van der Waals surface area contributed by atoms with Crippen molar-refractivity contribution in [3.05, 3.63) is 40.7 Å². The zero-order valence-corrected chi connectivity index (χ0v) is 15.5. The molecular weight excluding hydrogens is 342 g/mol. The van der Waals surface area contributed by atoms with Crippen LogP contribution in [0.4, 0.5) is 0 Å². The molecule has 5 heteroatoms. The molecule has 4 saturated carbocycles. The van der Waals surface area contributed by atoms with E-state index >= 15 is 0 Å². The first kappa shape index (κ1) is 16.2. The fourth-order valence-corrected chi connectivity index (χ4v) is 6.09. The van der Waals surface area contributed by atoms with Crippen molar-refractivity contribution < 1.29 is 4.79 Å². The summed E-state index contributed by atoms with van der Waals surface area (Å²) in [5.41, 5.74) is 6.12. The number of hydrogen-bond donors (Lipinski definition) is 1. The maximum atomic E-state index is 12.3. The highest BCUT2D eigenvalue weighted by Gasteiger charge is 2.46. The van der Waals surface area contributed by atoms with Crippen molar-refractivity contribution in [2.45, 2.75) is 38.5 Å². The summed E-state index contributed by atoms with van der Waals surface area (Å²) in [4.78, 5) is 16.9. The Labute approximate surface area is 157 Å². The number of rotatable bonds is 4. The molecule has 0 radical (unpaired) electrons. The summed E-state index contributed by atoms with van der Waals surface area (Å²) in [7, 11) is 0. The van der Waals surface area contributed by atoms with Crippen molar-refractivity contribution >= 4 is 23.0 Å². The summed E-state index contributed by atoms with van der Waals surface area (Å²) in [5.74, 6) is 3.02. The maximum absolute atomic E-state index is 12.3. The summed E-state index contributed by atoms with van der Waals surface area (Å²) >= 11 is 1.54. The number of nitrogens with one attached hydrogen (secondary N) is 1. The standard InChI is InChI=1S/C21H23N3OS/c25-19(11-20-22-18(12-26-20)15-4-2-1-3-5-15)23-24-21-16-7-13-6-14(9-16)10-17(21)8-13/h1-5,12-14,16-17H,6-11H2,(H,23,25). The first-order valence-electron chi connectivity index (χ1n) is 9.60. The van der Waals surface area contributed by atoms with Crippen LogP contribution in [-0.4, -0.2) is 16.6 Å². The summed E-state index contributed by atoms with van der Waals surface area (Å²) in [6.07, 6.45) is 6.88. The third kappa shape index (κ3) is 3.09. The van der Waals surface area contributed by atoms with E-state index in [0.29, 0.717) is 18.3 Å². The van der Waals surface area contributed by atoms with E-state index < -0.39 is 0 Å². The molecule has 0 saturated heterocycles. The van der Waals surface area contributed by atoms with Gasteiger partial charge in [0, 0.05) is 16.7 Å². The number of nitrogens with zero attached hydrogens (tertiary/aromatic N) is 2. The molecule has 4 fully saturated rings. The molecule has 4 nitrogen and oxygen atoms in total. The third-order valence-electron chi connectivity index (χ3n) is 6.22. The number of thiazole rings is 1. The Kier molecular flexibility index (Phi) is 4.12. The topological polar surface area (TPSA) is 54.4 Å². The molecule has 6 rings (SSSR count). The molecule has 4 bridgehead atoms. The van der Waals surface area contributed by atoms with Crippen LogP contribution in [0.1, 0.15) is 37.1 Å². The van der Waals surface area contributed by atoms with E-state index in [0.717, 1.165) is 28.1 Å². The molecule has 4 aliphatic rings. The Bertz CT molecular complexity index is 812.